The summed E-state index contributed by atoms with van der Waals surface area (Å²) in [5.74, 6) is 1.39. The number of nitrogens with one attached hydrogen (secondary N) is 1. The molecule has 1 amide bonds. The van der Waals surface area contributed by atoms with Gasteiger partial charge in [-0.25, -0.2) is 9.78 Å². The Morgan fingerprint density at radius 3 is 2.86 bits per heavy atom. The fourth-order valence-corrected chi connectivity index (χ4v) is 2.99. The zero-order valence-corrected chi connectivity index (χ0v) is 14.3. The van der Waals surface area contributed by atoms with E-state index in [2.05, 4.69) is 21.8 Å². The number of hydrogen-bond donors (Lipinski definition) is 1. The molecule has 1 aliphatic heterocycles. The molecule has 2 atom stereocenters. The third-order valence-corrected chi connectivity index (χ3v) is 4.03. The highest BCUT2D eigenvalue weighted by Crippen LogP contribution is 2.30. The number of aromatic nitrogens is 2. The third kappa shape index (κ3) is 3.80. The Morgan fingerprint density at radius 1 is 1.55 bits per heavy atom. The van der Waals surface area contributed by atoms with Crippen LogP contribution in [0.2, 0.25) is 0 Å². The Bertz CT molecular complexity index is 506. The Balaban J connectivity index is 2.03. The lowest BCUT2D eigenvalue weighted by Crippen LogP contribution is -2.36. The average Bonchev–Trinajstić information content (AvgIpc) is 3.07. The van der Waals surface area contributed by atoms with Gasteiger partial charge in [0.25, 0.3) is 0 Å². The molecule has 6 heteroatoms. The van der Waals surface area contributed by atoms with Crippen molar-refractivity contribution in [3.8, 4) is 0 Å². The van der Waals surface area contributed by atoms with Crippen LogP contribution in [-0.2, 0) is 11.3 Å². The molecule has 1 aromatic heterocycles. The van der Waals surface area contributed by atoms with Gasteiger partial charge in [0.2, 0.25) is 0 Å². The van der Waals surface area contributed by atoms with Crippen molar-refractivity contribution in [1.82, 2.24) is 19.8 Å². The molecule has 0 radical (unpaired) electrons. The van der Waals surface area contributed by atoms with E-state index in [1.807, 2.05) is 40.2 Å². The average molecular weight is 308 g/mol. The molecule has 6 nitrogen and oxygen atoms in total. The van der Waals surface area contributed by atoms with Crippen molar-refractivity contribution in [1.29, 1.82) is 0 Å². The van der Waals surface area contributed by atoms with E-state index in [0.717, 1.165) is 25.3 Å². The van der Waals surface area contributed by atoms with Gasteiger partial charge in [0.1, 0.15) is 11.4 Å². The molecule has 0 saturated carbocycles. The van der Waals surface area contributed by atoms with Crippen molar-refractivity contribution >= 4 is 6.09 Å². The molecule has 1 saturated heterocycles. The molecular formula is C16H28N4O2. The van der Waals surface area contributed by atoms with Gasteiger partial charge in [-0.05, 0) is 41.2 Å². The maximum Gasteiger partial charge on any atom is 0.410 e. The summed E-state index contributed by atoms with van der Waals surface area (Å²) in [6.07, 6.45) is 4.58. The summed E-state index contributed by atoms with van der Waals surface area (Å²) in [4.78, 5) is 18.5. The van der Waals surface area contributed by atoms with Gasteiger partial charge in [0.05, 0.1) is 6.04 Å². The predicted octanol–water partition coefficient (Wildman–Crippen LogP) is 2.42. The first kappa shape index (κ1) is 16.8. The molecule has 0 bridgehead atoms. The number of nitrogens with zero attached hydrogens (tertiary/aromatic N) is 3. The lowest BCUT2D eigenvalue weighted by atomic mass is 9.98. The normalized spacial score (nSPS) is 20.2. The number of aryl methyl sites for hydroxylation is 1. The summed E-state index contributed by atoms with van der Waals surface area (Å²) in [5, 5.41) is 3.37. The summed E-state index contributed by atoms with van der Waals surface area (Å²) in [7, 11) is 1.95. The second kappa shape index (κ2) is 6.69. The zero-order valence-electron chi connectivity index (χ0n) is 14.3. The number of carbonyl (C=O) groups is 1. The molecule has 0 aliphatic carbocycles. The van der Waals surface area contributed by atoms with E-state index >= 15 is 0 Å². The topological polar surface area (TPSA) is 59.4 Å². The number of imidazole rings is 1. The molecule has 0 spiro atoms. The summed E-state index contributed by atoms with van der Waals surface area (Å²) in [6.45, 7) is 10.1. The van der Waals surface area contributed by atoms with Crippen LogP contribution in [0.25, 0.3) is 0 Å². The minimum absolute atomic E-state index is 0.155. The highest BCUT2D eigenvalue weighted by molar-refractivity contribution is 5.68. The fraction of sp³-hybridized carbons (Fsp3) is 0.750. The molecular weight excluding hydrogens is 280 g/mol. The van der Waals surface area contributed by atoms with E-state index < -0.39 is 5.60 Å². The predicted molar refractivity (Wildman–Crippen MR) is 85.6 cm³/mol. The van der Waals surface area contributed by atoms with Gasteiger partial charge in [-0.1, -0.05) is 0 Å². The van der Waals surface area contributed by atoms with Crippen LogP contribution >= 0.6 is 0 Å². The molecule has 1 N–H and O–H groups in total. The van der Waals surface area contributed by atoms with E-state index in [-0.39, 0.29) is 12.1 Å². The van der Waals surface area contributed by atoms with Crippen molar-refractivity contribution in [2.75, 3.05) is 20.1 Å². The molecule has 2 rings (SSSR count). The van der Waals surface area contributed by atoms with E-state index in [1.165, 1.54) is 0 Å². The summed E-state index contributed by atoms with van der Waals surface area (Å²) >= 11 is 0. The highest BCUT2D eigenvalue weighted by Gasteiger charge is 2.35. The number of carbonyl (C=O) groups excluding carboxylic acids is 1. The maximum atomic E-state index is 12.2. The van der Waals surface area contributed by atoms with Crippen LogP contribution in [0, 0.1) is 5.92 Å². The third-order valence-electron chi connectivity index (χ3n) is 4.03. The molecule has 124 valence electrons. The Morgan fingerprint density at radius 2 is 2.27 bits per heavy atom. The largest absolute Gasteiger partial charge is 0.444 e. The molecule has 0 aromatic carbocycles. The van der Waals surface area contributed by atoms with Gasteiger partial charge in [0.15, 0.2) is 0 Å². The first-order valence-corrected chi connectivity index (χ1v) is 8.02. The standard InChI is InChI=1S/C16H28N4O2/c1-6-19-10-8-18-14(19)13(17-5)12-7-9-20(11-12)15(21)22-16(2,3)4/h8,10,12-13,17H,6-7,9,11H2,1-5H3. The lowest BCUT2D eigenvalue weighted by molar-refractivity contribution is 0.0285. The van der Waals surface area contributed by atoms with E-state index in [1.54, 1.807) is 4.90 Å². The van der Waals surface area contributed by atoms with Crippen molar-refractivity contribution in [2.45, 2.75) is 52.3 Å². The second-order valence-corrected chi connectivity index (χ2v) is 6.81. The second-order valence-electron chi connectivity index (χ2n) is 6.81. The van der Waals surface area contributed by atoms with Crippen LogP contribution in [0.1, 0.15) is 46.0 Å². The maximum absolute atomic E-state index is 12.2. The quantitative estimate of drug-likeness (QED) is 0.928. The summed E-state index contributed by atoms with van der Waals surface area (Å²) in [6, 6.07) is 0.155. The molecule has 1 aliphatic rings. The SMILES string of the molecule is CCn1ccnc1C(NC)C1CCN(C(=O)OC(C)(C)C)C1. The van der Waals surface area contributed by atoms with E-state index in [9.17, 15) is 4.79 Å². The van der Waals surface area contributed by atoms with Gasteiger partial charge in [-0.3, -0.25) is 0 Å². The Kier molecular flexibility index (Phi) is 5.11. The van der Waals surface area contributed by atoms with Crippen LogP contribution in [0.15, 0.2) is 12.4 Å². The van der Waals surface area contributed by atoms with Crippen LogP contribution in [0.3, 0.4) is 0 Å². The van der Waals surface area contributed by atoms with E-state index in [4.69, 9.17) is 4.74 Å². The van der Waals surface area contributed by atoms with Crippen molar-refractivity contribution in [3.05, 3.63) is 18.2 Å². The first-order valence-electron chi connectivity index (χ1n) is 8.02. The fourth-order valence-electron chi connectivity index (χ4n) is 2.99. The summed E-state index contributed by atoms with van der Waals surface area (Å²) in [5.41, 5.74) is -0.448. The van der Waals surface area contributed by atoms with Crippen molar-refractivity contribution in [3.63, 3.8) is 0 Å². The minimum Gasteiger partial charge on any atom is -0.444 e. The monoisotopic (exact) mass is 308 g/mol. The Labute approximate surface area is 132 Å². The molecule has 2 unspecified atom stereocenters. The minimum atomic E-state index is -0.448. The summed E-state index contributed by atoms with van der Waals surface area (Å²) < 4.78 is 7.61. The van der Waals surface area contributed by atoms with Crippen LogP contribution in [0.5, 0.6) is 0 Å². The number of rotatable bonds is 4. The van der Waals surface area contributed by atoms with Crippen molar-refractivity contribution < 1.29 is 9.53 Å². The van der Waals surface area contributed by atoms with Crippen molar-refractivity contribution in [2.24, 2.45) is 5.92 Å². The van der Waals surface area contributed by atoms with Gasteiger partial charge in [0, 0.05) is 37.9 Å². The molecule has 22 heavy (non-hydrogen) atoms. The smallest absolute Gasteiger partial charge is 0.410 e. The number of hydrogen-bond acceptors (Lipinski definition) is 4. The van der Waals surface area contributed by atoms with E-state index in [0.29, 0.717) is 12.5 Å². The number of ether oxygens (including phenoxy) is 1. The van der Waals surface area contributed by atoms with Crippen LogP contribution < -0.4 is 5.32 Å². The van der Waals surface area contributed by atoms with Gasteiger partial charge in [-0.2, -0.15) is 0 Å². The number of amides is 1. The van der Waals surface area contributed by atoms with Crippen LogP contribution in [-0.4, -0.2) is 46.3 Å². The lowest BCUT2D eigenvalue weighted by Gasteiger charge is -2.26. The molecule has 1 aromatic rings. The van der Waals surface area contributed by atoms with Gasteiger partial charge in [-0.15, -0.1) is 0 Å². The van der Waals surface area contributed by atoms with Crippen LogP contribution in [0.4, 0.5) is 4.79 Å². The molecule has 1 fully saturated rings. The number of likely N-dealkylation sites (tertiary alicyclic amines) is 1. The van der Waals surface area contributed by atoms with Gasteiger partial charge < -0.3 is 19.5 Å². The zero-order chi connectivity index (χ0) is 16.3. The first-order chi connectivity index (χ1) is 10.4. The molecule has 2 heterocycles. The Hall–Kier alpha value is -1.56. The van der Waals surface area contributed by atoms with Gasteiger partial charge >= 0.3 is 6.09 Å². The highest BCUT2D eigenvalue weighted by atomic mass is 16.6.